The summed E-state index contributed by atoms with van der Waals surface area (Å²) in [4.78, 5) is 22.5. The van der Waals surface area contributed by atoms with Crippen molar-refractivity contribution in [3.8, 4) is 11.3 Å². The van der Waals surface area contributed by atoms with Gasteiger partial charge in [-0.3, -0.25) is 5.32 Å². The summed E-state index contributed by atoms with van der Waals surface area (Å²) in [6.45, 7) is 2.26. The Hall–Kier alpha value is -2.86. The van der Waals surface area contributed by atoms with E-state index in [1.165, 1.54) is 13.3 Å². The van der Waals surface area contributed by atoms with Gasteiger partial charge in [0.2, 0.25) is 5.95 Å². The minimum atomic E-state index is -4.63. The molecule has 0 bridgehead atoms. The van der Waals surface area contributed by atoms with Gasteiger partial charge in [0.25, 0.3) is 0 Å². The Bertz CT molecular complexity index is 1130. The molecule has 0 aliphatic carbocycles. The predicted molar refractivity (Wildman–Crippen MR) is 113 cm³/mol. The maximum Gasteiger partial charge on any atom is 0.419 e. The monoisotopic (exact) mass is 498 g/mol. The lowest BCUT2D eigenvalue weighted by molar-refractivity contribution is -0.137. The number of fused-ring (bicyclic) bond motifs is 1. The SMILES string of the molecule is COC(=O)Nc1ccc2c(-c3nc(NCC4CNC4)ncc3C(F)(F)F)c[nH]c2c1Br. The minimum absolute atomic E-state index is 0.132. The van der Waals surface area contributed by atoms with Gasteiger partial charge in [0.05, 0.1) is 28.5 Å². The van der Waals surface area contributed by atoms with E-state index in [0.717, 1.165) is 19.3 Å². The number of H-pyrrole nitrogens is 1. The molecule has 12 heteroatoms. The molecule has 8 nitrogen and oxygen atoms in total. The molecule has 0 atom stereocenters. The number of nitrogens with one attached hydrogen (secondary N) is 4. The van der Waals surface area contributed by atoms with Gasteiger partial charge in [0.1, 0.15) is 5.56 Å². The molecule has 1 amide bonds. The first kappa shape index (κ1) is 21.4. The molecule has 4 rings (SSSR count). The number of hydrogen-bond acceptors (Lipinski definition) is 6. The number of rotatable bonds is 5. The molecule has 0 radical (unpaired) electrons. The number of carbonyl (C=O) groups excluding carboxylic acids is 1. The Balaban J connectivity index is 1.76. The number of nitrogens with zero attached hydrogens (tertiary/aromatic N) is 2. The molecule has 1 fully saturated rings. The molecule has 4 N–H and O–H groups in total. The van der Waals surface area contributed by atoms with Gasteiger partial charge in [-0.15, -0.1) is 0 Å². The molecule has 3 heterocycles. The zero-order valence-electron chi connectivity index (χ0n) is 16.2. The van der Waals surface area contributed by atoms with Crippen LogP contribution >= 0.6 is 15.9 Å². The summed E-state index contributed by atoms with van der Waals surface area (Å²) in [6, 6.07) is 3.17. The smallest absolute Gasteiger partial charge is 0.419 e. The molecule has 2 aromatic heterocycles. The fourth-order valence-corrected chi connectivity index (χ4v) is 3.78. The number of halogens is 4. The number of benzene rings is 1. The second-order valence-electron chi connectivity index (χ2n) is 7.03. The quantitative estimate of drug-likeness (QED) is 0.420. The van der Waals surface area contributed by atoms with Gasteiger partial charge in [-0.25, -0.2) is 14.8 Å². The van der Waals surface area contributed by atoms with Gasteiger partial charge >= 0.3 is 12.3 Å². The molecular weight excluding hydrogens is 481 g/mol. The third kappa shape index (κ3) is 4.30. The van der Waals surface area contributed by atoms with Crippen molar-refractivity contribution in [1.82, 2.24) is 20.3 Å². The van der Waals surface area contributed by atoms with Crippen LogP contribution in [0, 0.1) is 5.92 Å². The van der Waals surface area contributed by atoms with Gasteiger partial charge in [0, 0.05) is 48.9 Å². The Morgan fingerprint density at radius 3 is 2.77 bits per heavy atom. The molecule has 0 spiro atoms. The molecule has 0 saturated carbocycles. The first-order valence-electron chi connectivity index (χ1n) is 9.31. The third-order valence-electron chi connectivity index (χ3n) is 4.98. The van der Waals surface area contributed by atoms with Crippen LogP contribution in [0.2, 0.25) is 0 Å². The number of hydrogen-bond donors (Lipinski definition) is 4. The molecule has 1 aliphatic heterocycles. The first-order valence-corrected chi connectivity index (χ1v) is 10.1. The highest BCUT2D eigenvalue weighted by atomic mass is 79.9. The van der Waals surface area contributed by atoms with Crippen molar-refractivity contribution in [3.63, 3.8) is 0 Å². The van der Waals surface area contributed by atoms with Crippen molar-refractivity contribution in [3.05, 3.63) is 34.6 Å². The van der Waals surface area contributed by atoms with E-state index in [2.05, 4.69) is 51.6 Å². The number of alkyl halides is 3. The van der Waals surface area contributed by atoms with E-state index < -0.39 is 17.8 Å². The summed E-state index contributed by atoms with van der Waals surface area (Å²) in [5.41, 5.74) is 0.0118. The van der Waals surface area contributed by atoms with Crippen LogP contribution in [0.5, 0.6) is 0 Å². The highest BCUT2D eigenvalue weighted by Crippen LogP contribution is 2.41. The standard InChI is InChI=1S/C19H18BrF3N6O2/c1-31-18(30)28-13-3-2-10-11(7-25-16(10)14(13)20)15-12(19(21,22)23)8-27-17(29-15)26-6-9-4-24-5-9/h2-3,7-9,24-25H,4-6H2,1H3,(H,28,30)(H,26,27,29). The molecule has 1 aromatic carbocycles. The largest absolute Gasteiger partial charge is 0.453 e. The second-order valence-corrected chi connectivity index (χ2v) is 7.82. The highest BCUT2D eigenvalue weighted by molar-refractivity contribution is 9.10. The van der Waals surface area contributed by atoms with Gasteiger partial charge in [-0.2, -0.15) is 13.2 Å². The molecule has 3 aromatic rings. The number of anilines is 2. The lowest BCUT2D eigenvalue weighted by Crippen LogP contribution is -2.45. The molecular formula is C19H18BrF3N6O2. The maximum absolute atomic E-state index is 13.7. The van der Waals surface area contributed by atoms with Crippen molar-refractivity contribution in [1.29, 1.82) is 0 Å². The Kier molecular flexibility index (Phi) is 5.75. The molecule has 31 heavy (non-hydrogen) atoms. The van der Waals surface area contributed by atoms with Crippen LogP contribution in [0.25, 0.3) is 22.2 Å². The zero-order valence-corrected chi connectivity index (χ0v) is 17.8. The van der Waals surface area contributed by atoms with Crippen molar-refractivity contribution < 1.29 is 22.7 Å². The average Bonchev–Trinajstić information content (AvgIpc) is 3.12. The normalized spacial score (nSPS) is 14.4. The number of carbonyl (C=O) groups is 1. The highest BCUT2D eigenvalue weighted by Gasteiger charge is 2.36. The van der Waals surface area contributed by atoms with Crippen LogP contribution in [0.15, 0.2) is 29.0 Å². The first-order chi connectivity index (χ1) is 14.8. The van der Waals surface area contributed by atoms with Crippen molar-refractivity contribution >= 4 is 44.6 Å². The van der Waals surface area contributed by atoms with Crippen molar-refractivity contribution in [2.45, 2.75) is 6.18 Å². The van der Waals surface area contributed by atoms with Gasteiger partial charge in [-0.05, 0) is 22.0 Å². The van der Waals surface area contributed by atoms with Crippen LogP contribution in [-0.2, 0) is 10.9 Å². The number of aromatic amines is 1. The molecule has 164 valence electrons. The fraction of sp³-hybridized carbons (Fsp3) is 0.316. The number of methoxy groups -OCH3 is 1. The van der Waals surface area contributed by atoms with E-state index in [0.29, 0.717) is 33.5 Å². The predicted octanol–water partition coefficient (Wildman–Crippen LogP) is 4.22. The molecule has 1 aliphatic rings. The van der Waals surface area contributed by atoms with E-state index in [1.807, 2.05) is 0 Å². The van der Waals surface area contributed by atoms with E-state index in [9.17, 15) is 18.0 Å². The minimum Gasteiger partial charge on any atom is -0.453 e. The van der Waals surface area contributed by atoms with Crippen LogP contribution in [-0.4, -0.2) is 47.8 Å². The van der Waals surface area contributed by atoms with Gasteiger partial charge in [-0.1, -0.05) is 6.07 Å². The van der Waals surface area contributed by atoms with Gasteiger partial charge in [0.15, 0.2) is 0 Å². The number of amides is 1. The summed E-state index contributed by atoms with van der Waals surface area (Å²) in [5, 5.41) is 9.18. The van der Waals surface area contributed by atoms with E-state index in [-0.39, 0.29) is 17.2 Å². The van der Waals surface area contributed by atoms with E-state index >= 15 is 0 Å². The van der Waals surface area contributed by atoms with Gasteiger partial charge < -0.3 is 20.4 Å². The van der Waals surface area contributed by atoms with E-state index in [1.54, 1.807) is 12.1 Å². The Morgan fingerprint density at radius 1 is 1.35 bits per heavy atom. The molecule has 1 saturated heterocycles. The maximum atomic E-state index is 13.7. The lowest BCUT2D eigenvalue weighted by atomic mass is 10.0. The van der Waals surface area contributed by atoms with Crippen LogP contribution < -0.4 is 16.0 Å². The Morgan fingerprint density at radius 2 is 2.13 bits per heavy atom. The number of ether oxygens (including phenoxy) is 1. The van der Waals surface area contributed by atoms with Crippen LogP contribution in [0.4, 0.5) is 29.6 Å². The average molecular weight is 499 g/mol. The third-order valence-corrected chi connectivity index (χ3v) is 5.80. The summed E-state index contributed by atoms with van der Waals surface area (Å²) in [5.74, 6) is 0.520. The van der Waals surface area contributed by atoms with Crippen LogP contribution in [0.1, 0.15) is 5.56 Å². The van der Waals surface area contributed by atoms with Crippen molar-refractivity contribution in [2.75, 3.05) is 37.4 Å². The fourth-order valence-electron chi connectivity index (χ4n) is 3.23. The summed E-state index contributed by atoms with van der Waals surface area (Å²) in [7, 11) is 1.23. The van der Waals surface area contributed by atoms with Crippen molar-refractivity contribution in [2.24, 2.45) is 5.92 Å². The number of aromatic nitrogens is 3. The Labute approximate surface area is 183 Å². The summed E-state index contributed by atoms with van der Waals surface area (Å²) < 4.78 is 46.1. The lowest BCUT2D eigenvalue weighted by Gasteiger charge is -2.27. The second kappa shape index (κ2) is 8.35. The molecule has 0 unspecified atom stereocenters. The topological polar surface area (TPSA) is 104 Å². The van der Waals surface area contributed by atoms with Crippen LogP contribution in [0.3, 0.4) is 0 Å². The summed E-state index contributed by atoms with van der Waals surface area (Å²) >= 11 is 3.38. The summed E-state index contributed by atoms with van der Waals surface area (Å²) in [6.07, 6.45) is -3.04. The zero-order chi connectivity index (χ0) is 22.2. The van der Waals surface area contributed by atoms with E-state index in [4.69, 9.17) is 0 Å².